The van der Waals surface area contributed by atoms with Gasteiger partial charge in [0.25, 0.3) is 0 Å². The third kappa shape index (κ3) is 3.47. The summed E-state index contributed by atoms with van der Waals surface area (Å²) in [6, 6.07) is 7.09. The summed E-state index contributed by atoms with van der Waals surface area (Å²) in [5.41, 5.74) is 1.25. The summed E-state index contributed by atoms with van der Waals surface area (Å²) in [6.07, 6.45) is 0. The summed E-state index contributed by atoms with van der Waals surface area (Å²) in [7, 11) is 0. The molecular weight excluding hydrogens is 286 g/mol. The zero-order chi connectivity index (χ0) is 12.3. The van der Waals surface area contributed by atoms with E-state index in [-0.39, 0.29) is 0 Å². The van der Waals surface area contributed by atoms with Gasteiger partial charge in [-0.25, -0.2) is 0 Å². The van der Waals surface area contributed by atoms with Crippen molar-refractivity contribution < 1.29 is 0 Å². The molecular formula is C13H19BrClN. The summed E-state index contributed by atoms with van der Waals surface area (Å²) in [4.78, 5) is 2.44. The Kier molecular flexibility index (Phi) is 5.29. The summed E-state index contributed by atoms with van der Waals surface area (Å²) >= 11 is 9.64. The van der Waals surface area contributed by atoms with Crippen LogP contribution >= 0.6 is 27.5 Å². The Balaban J connectivity index is 2.90. The maximum atomic E-state index is 6.09. The highest BCUT2D eigenvalue weighted by Gasteiger charge is 2.15. The van der Waals surface area contributed by atoms with Gasteiger partial charge in [0.1, 0.15) is 0 Å². The molecule has 0 aliphatic carbocycles. The Morgan fingerprint density at radius 2 is 1.75 bits per heavy atom. The lowest BCUT2D eigenvalue weighted by atomic mass is 10.1. The molecule has 1 nitrogen and oxygen atoms in total. The fourth-order valence-corrected chi connectivity index (χ4v) is 2.41. The van der Waals surface area contributed by atoms with E-state index in [0.29, 0.717) is 12.1 Å². The van der Waals surface area contributed by atoms with Gasteiger partial charge in [0, 0.05) is 23.1 Å². The zero-order valence-electron chi connectivity index (χ0n) is 10.3. The van der Waals surface area contributed by atoms with Gasteiger partial charge in [-0.2, -0.15) is 0 Å². The maximum Gasteiger partial charge on any atom is 0.0551 e. The largest absolute Gasteiger partial charge is 0.294 e. The Labute approximate surface area is 112 Å². The molecule has 0 aliphatic heterocycles. The summed E-state index contributed by atoms with van der Waals surface area (Å²) in [5, 5.41) is 0.782. The maximum absolute atomic E-state index is 6.09. The van der Waals surface area contributed by atoms with Crippen molar-refractivity contribution >= 4 is 27.5 Å². The van der Waals surface area contributed by atoms with Gasteiger partial charge in [-0.3, -0.25) is 4.90 Å². The first-order valence-electron chi connectivity index (χ1n) is 5.62. The van der Waals surface area contributed by atoms with Crippen LogP contribution in [0.1, 0.15) is 33.3 Å². The number of nitrogens with zero attached hydrogens (tertiary/aromatic N) is 1. The number of hydrogen-bond acceptors (Lipinski definition) is 1. The number of halogens is 2. The smallest absolute Gasteiger partial charge is 0.0551 e. The van der Waals surface area contributed by atoms with Gasteiger partial charge in [0.2, 0.25) is 0 Å². The SMILES string of the molecule is CC(C)N(Cc1cccc(Cl)c1Br)C(C)C. The molecule has 3 heteroatoms. The Bertz CT molecular complexity index is 342. The van der Waals surface area contributed by atoms with Gasteiger partial charge in [-0.05, 0) is 55.3 Å². The van der Waals surface area contributed by atoms with Crippen molar-refractivity contribution in [3.8, 4) is 0 Å². The molecule has 16 heavy (non-hydrogen) atoms. The van der Waals surface area contributed by atoms with Crippen LogP contribution < -0.4 is 0 Å². The molecule has 0 radical (unpaired) electrons. The topological polar surface area (TPSA) is 3.24 Å². The normalized spacial score (nSPS) is 11.8. The predicted octanol–water partition coefficient (Wildman–Crippen LogP) is 4.72. The average molecular weight is 305 g/mol. The molecule has 0 fully saturated rings. The standard InChI is InChI=1S/C13H19BrClN/c1-9(2)16(10(3)4)8-11-6-5-7-12(15)13(11)14/h5-7,9-10H,8H2,1-4H3. The molecule has 90 valence electrons. The van der Waals surface area contributed by atoms with Crippen LogP contribution in [-0.4, -0.2) is 17.0 Å². The minimum absolute atomic E-state index is 0.533. The molecule has 0 spiro atoms. The summed E-state index contributed by atoms with van der Waals surface area (Å²) in [5.74, 6) is 0. The van der Waals surface area contributed by atoms with E-state index in [2.05, 4.69) is 54.6 Å². The second-order valence-electron chi connectivity index (χ2n) is 4.57. The van der Waals surface area contributed by atoms with Crippen molar-refractivity contribution in [2.24, 2.45) is 0 Å². The molecule has 0 atom stereocenters. The van der Waals surface area contributed by atoms with Crippen molar-refractivity contribution in [1.82, 2.24) is 4.90 Å². The van der Waals surface area contributed by atoms with Crippen LogP contribution in [0.15, 0.2) is 22.7 Å². The van der Waals surface area contributed by atoms with Crippen LogP contribution in [0, 0.1) is 0 Å². The fourth-order valence-electron chi connectivity index (χ4n) is 1.83. The first-order valence-corrected chi connectivity index (χ1v) is 6.79. The van der Waals surface area contributed by atoms with Crippen LogP contribution in [0.3, 0.4) is 0 Å². The van der Waals surface area contributed by atoms with Crippen molar-refractivity contribution in [2.75, 3.05) is 0 Å². The van der Waals surface area contributed by atoms with E-state index in [9.17, 15) is 0 Å². The number of rotatable bonds is 4. The third-order valence-electron chi connectivity index (χ3n) is 2.71. The first-order chi connectivity index (χ1) is 7.43. The molecule has 0 bridgehead atoms. The number of benzene rings is 1. The van der Waals surface area contributed by atoms with E-state index in [4.69, 9.17) is 11.6 Å². The van der Waals surface area contributed by atoms with Crippen molar-refractivity contribution in [3.63, 3.8) is 0 Å². The molecule has 0 N–H and O–H groups in total. The van der Waals surface area contributed by atoms with Crippen molar-refractivity contribution in [3.05, 3.63) is 33.3 Å². The minimum atomic E-state index is 0.533. The van der Waals surface area contributed by atoms with Crippen molar-refractivity contribution in [1.29, 1.82) is 0 Å². The van der Waals surface area contributed by atoms with E-state index in [0.717, 1.165) is 16.0 Å². The Morgan fingerprint density at radius 1 is 1.19 bits per heavy atom. The third-order valence-corrected chi connectivity index (χ3v) is 4.19. The van der Waals surface area contributed by atoms with E-state index in [1.807, 2.05) is 12.1 Å². The molecule has 0 unspecified atom stereocenters. The number of hydrogen-bond donors (Lipinski definition) is 0. The van der Waals surface area contributed by atoms with Crippen LogP contribution in [0.5, 0.6) is 0 Å². The predicted molar refractivity (Wildman–Crippen MR) is 75.0 cm³/mol. The quantitative estimate of drug-likeness (QED) is 0.778. The fraction of sp³-hybridized carbons (Fsp3) is 0.538. The average Bonchev–Trinajstić information content (AvgIpc) is 2.19. The highest BCUT2D eigenvalue weighted by Crippen LogP contribution is 2.27. The second-order valence-corrected chi connectivity index (χ2v) is 5.77. The van der Waals surface area contributed by atoms with Crippen LogP contribution in [0.4, 0.5) is 0 Å². The second kappa shape index (κ2) is 6.04. The lowest BCUT2D eigenvalue weighted by Gasteiger charge is -2.31. The van der Waals surface area contributed by atoms with Gasteiger partial charge >= 0.3 is 0 Å². The Morgan fingerprint density at radius 3 is 2.25 bits per heavy atom. The highest BCUT2D eigenvalue weighted by atomic mass is 79.9. The van der Waals surface area contributed by atoms with Gasteiger partial charge in [0.15, 0.2) is 0 Å². The van der Waals surface area contributed by atoms with Crippen molar-refractivity contribution in [2.45, 2.75) is 46.3 Å². The molecule has 0 saturated heterocycles. The van der Waals surface area contributed by atoms with E-state index >= 15 is 0 Å². The van der Waals surface area contributed by atoms with Gasteiger partial charge in [-0.15, -0.1) is 0 Å². The molecule has 1 aromatic carbocycles. The highest BCUT2D eigenvalue weighted by molar-refractivity contribution is 9.10. The molecule has 0 aromatic heterocycles. The van der Waals surface area contributed by atoms with Gasteiger partial charge in [-0.1, -0.05) is 23.7 Å². The summed E-state index contributed by atoms with van der Waals surface area (Å²) in [6.45, 7) is 9.81. The van der Waals surface area contributed by atoms with Crippen LogP contribution in [0.25, 0.3) is 0 Å². The molecule has 1 aromatic rings. The van der Waals surface area contributed by atoms with Crippen LogP contribution in [-0.2, 0) is 6.54 Å². The molecule has 0 heterocycles. The monoisotopic (exact) mass is 303 g/mol. The molecule has 0 aliphatic rings. The molecule has 0 amide bonds. The molecule has 1 rings (SSSR count). The van der Waals surface area contributed by atoms with E-state index in [1.165, 1.54) is 5.56 Å². The van der Waals surface area contributed by atoms with Crippen LogP contribution in [0.2, 0.25) is 5.02 Å². The van der Waals surface area contributed by atoms with E-state index in [1.54, 1.807) is 0 Å². The van der Waals surface area contributed by atoms with E-state index < -0.39 is 0 Å². The van der Waals surface area contributed by atoms with Gasteiger partial charge in [0.05, 0.1) is 5.02 Å². The Hall–Kier alpha value is -0.0500. The first kappa shape index (κ1) is 14.0. The zero-order valence-corrected chi connectivity index (χ0v) is 12.6. The van der Waals surface area contributed by atoms with Gasteiger partial charge < -0.3 is 0 Å². The lowest BCUT2D eigenvalue weighted by molar-refractivity contribution is 0.165. The summed E-state index contributed by atoms with van der Waals surface area (Å²) < 4.78 is 1.02. The molecule has 0 saturated carbocycles. The lowest BCUT2D eigenvalue weighted by Crippen LogP contribution is -2.36. The minimum Gasteiger partial charge on any atom is -0.294 e.